The molecule has 0 fully saturated rings. The Morgan fingerprint density at radius 1 is 1.65 bits per heavy atom. The van der Waals surface area contributed by atoms with Crippen LogP contribution in [0.25, 0.3) is 0 Å². The number of carboxylic acids is 1. The molecule has 1 aromatic heterocycles. The van der Waals surface area contributed by atoms with Gasteiger partial charge in [-0.25, -0.2) is 14.2 Å². The predicted molar refractivity (Wildman–Crippen MR) is 60.7 cm³/mol. The van der Waals surface area contributed by atoms with Gasteiger partial charge in [0.15, 0.2) is 5.82 Å². The molecule has 0 saturated heterocycles. The molecular weight excluding hydrogens is 225 g/mol. The first kappa shape index (κ1) is 13.4. The normalized spacial score (nSPS) is 12.2. The maximum absolute atomic E-state index is 13.6. The van der Waals surface area contributed by atoms with Crippen LogP contribution in [0.1, 0.15) is 37.0 Å². The first-order valence-electron chi connectivity index (χ1n) is 5.56. The average molecular weight is 241 g/mol. The lowest BCUT2D eigenvalue weighted by atomic mass is 10.1. The van der Waals surface area contributed by atoms with Crippen LogP contribution in [0.15, 0.2) is 12.3 Å². The zero-order chi connectivity index (χ0) is 12.8. The van der Waals surface area contributed by atoms with Crippen LogP contribution in [-0.4, -0.2) is 22.7 Å². The lowest BCUT2D eigenvalue weighted by molar-refractivity contribution is 0.0690. The lowest BCUT2D eigenvalue weighted by Gasteiger charge is -2.12. The SMILES string of the molecule is CCCC(C)COc1nccc(C(=O)O)c1F. The van der Waals surface area contributed by atoms with E-state index >= 15 is 0 Å². The summed E-state index contributed by atoms with van der Waals surface area (Å²) in [5.41, 5.74) is -0.418. The molecule has 0 aromatic carbocycles. The van der Waals surface area contributed by atoms with Crippen LogP contribution < -0.4 is 4.74 Å². The highest BCUT2D eigenvalue weighted by Crippen LogP contribution is 2.18. The third kappa shape index (κ3) is 3.69. The highest BCUT2D eigenvalue weighted by molar-refractivity contribution is 5.88. The van der Waals surface area contributed by atoms with Gasteiger partial charge in [-0.1, -0.05) is 20.3 Å². The Hall–Kier alpha value is -1.65. The van der Waals surface area contributed by atoms with E-state index in [1.165, 1.54) is 6.20 Å². The zero-order valence-electron chi connectivity index (χ0n) is 9.94. The molecule has 4 nitrogen and oxygen atoms in total. The Labute approximate surface area is 99.4 Å². The molecule has 0 amide bonds. The first-order chi connectivity index (χ1) is 8.06. The van der Waals surface area contributed by atoms with Gasteiger partial charge in [0, 0.05) is 6.20 Å². The maximum Gasteiger partial charge on any atom is 0.338 e. The maximum atomic E-state index is 13.6. The van der Waals surface area contributed by atoms with Crippen LogP contribution in [0.4, 0.5) is 4.39 Å². The molecule has 1 atom stereocenters. The monoisotopic (exact) mass is 241 g/mol. The molecule has 0 aliphatic carbocycles. The van der Waals surface area contributed by atoms with Gasteiger partial charge in [0.25, 0.3) is 5.88 Å². The minimum absolute atomic E-state index is 0.243. The number of aromatic nitrogens is 1. The molecule has 0 saturated carbocycles. The number of rotatable bonds is 6. The number of carboxylic acid groups (broad SMARTS) is 1. The van der Waals surface area contributed by atoms with E-state index in [9.17, 15) is 9.18 Å². The van der Waals surface area contributed by atoms with E-state index in [1.54, 1.807) is 0 Å². The van der Waals surface area contributed by atoms with E-state index in [2.05, 4.69) is 11.9 Å². The fraction of sp³-hybridized carbons (Fsp3) is 0.500. The Morgan fingerprint density at radius 3 is 2.94 bits per heavy atom. The average Bonchev–Trinajstić information content (AvgIpc) is 2.27. The van der Waals surface area contributed by atoms with E-state index in [4.69, 9.17) is 9.84 Å². The van der Waals surface area contributed by atoms with Crippen molar-refractivity contribution in [2.24, 2.45) is 5.92 Å². The van der Waals surface area contributed by atoms with Crippen molar-refractivity contribution < 1.29 is 19.0 Å². The number of halogens is 1. The molecule has 1 unspecified atom stereocenters. The molecule has 1 N–H and O–H groups in total. The third-order valence-electron chi connectivity index (χ3n) is 2.37. The van der Waals surface area contributed by atoms with Crippen molar-refractivity contribution in [3.8, 4) is 5.88 Å². The highest BCUT2D eigenvalue weighted by Gasteiger charge is 2.16. The van der Waals surface area contributed by atoms with Gasteiger partial charge in [-0.15, -0.1) is 0 Å². The fourth-order valence-corrected chi connectivity index (χ4v) is 1.49. The minimum Gasteiger partial charge on any atom is -0.478 e. The van der Waals surface area contributed by atoms with Crippen LogP contribution >= 0.6 is 0 Å². The first-order valence-corrected chi connectivity index (χ1v) is 5.56. The van der Waals surface area contributed by atoms with Crippen LogP contribution in [0.2, 0.25) is 0 Å². The Kier molecular flexibility index (Phi) is 4.87. The Balaban J connectivity index is 2.72. The molecule has 1 heterocycles. The number of hydrogen-bond acceptors (Lipinski definition) is 3. The summed E-state index contributed by atoms with van der Waals surface area (Å²) in [4.78, 5) is 14.4. The second-order valence-electron chi connectivity index (χ2n) is 3.99. The van der Waals surface area contributed by atoms with Gasteiger partial charge in [0.05, 0.1) is 6.61 Å². The van der Waals surface area contributed by atoms with Gasteiger partial charge in [0.1, 0.15) is 5.56 Å². The molecule has 1 aromatic rings. The number of carbonyl (C=O) groups is 1. The van der Waals surface area contributed by atoms with Crippen molar-refractivity contribution in [2.45, 2.75) is 26.7 Å². The Morgan fingerprint density at radius 2 is 2.35 bits per heavy atom. The van der Waals surface area contributed by atoms with E-state index < -0.39 is 17.3 Å². The Bertz CT molecular complexity index is 395. The summed E-state index contributed by atoms with van der Waals surface area (Å²) in [6, 6.07) is 1.11. The molecule has 0 bridgehead atoms. The van der Waals surface area contributed by atoms with Crippen molar-refractivity contribution in [3.63, 3.8) is 0 Å². The van der Waals surface area contributed by atoms with Crippen molar-refractivity contribution in [1.29, 1.82) is 0 Å². The quantitative estimate of drug-likeness (QED) is 0.831. The summed E-state index contributed by atoms with van der Waals surface area (Å²) in [5, 5.41) is 8.73. The minimum atomic E-state index is -1.32. The zero-order valence-corrected chi connectivity index (χ0v) is 9.94. The number of aromatic carboxylic acids is 1. The van der Waals surface area contributed by atoms with Crippen LogP contribution in [0.3, 0.4) is 0 Å². The van der Waals surface area contributed by atoms with E-state index in [1.807, 2.05) is 6.92 Å². The molecule has 94 valence electrons. The second kappa shape index (κ2) is 6.18. The number of hydrogen-bond donors (Lipinski definition) is 1. The van der Waals surface area contributed by atoms with Crippen molar-refractivity contribution in [2.75, 3.05) is 6.61 Å². The highest BCUT2D eigenvalue weighted by atomic mass is 19.1. The van der Waals surface area contributed by atoms with Gasteiger partial charge in [-0.3, -0.25) is 0 Å². The summed E-state index contributed by atoms with van der Waals surface area (Å²) in [6.45, 7) is 4.38. The number of nitrogens with zero attached hydrogens (tertiary/aromatic N) is 1. The standard InChI is InChI=1S/C12H16FNO3/c1-3-4-8(2)7-17-11-10(13)9(12(15)16)5-6-14-11/h5-6,8H,3-4,7H2,1-2H3,(H,15,16). The molecule has 0 aliphatic heterocycles. The molecule has 0 radical (unpaired) electrons. The topological polar surface area (TPSA) is 59.4 Å². The van der Waals surface area contributed by atoms with Gasteiger partial charge in [0.2, 0.25) is 0 Å². The van der Waals surface area contributed by atoms with E-state index in [-0.39, 0.29) is 11.8 Å². The predicted octanol–water partition coefficient (Wildman–Crippen LogP) is 2.73. The number of pyridine rings is 1. The molecule has 1 rings (SSSR count). The molecular formula is C12H16FNO3. The van der Waals surface area contributed by atoms with Gasteiger partial charge in [-0.05, 0) is 18.4 Å². The summed E-state index contributed by atoms with van der Waals surface area (Å²) in [7, 11) is 0. The fourth-order valence-electron chi connectivity index (χ4n) is 1.49. The lowest BCUT2D eigenvalue weighted by Crippen LogP contribution is -2.11. The number of ether oxygens (including phenoxy) is 1. The van der Waals surface area contributed by atoms with Gasteiger partial charge >= 0.3 is 5.97 Å². The molecule has 0 spiro atoms. The smallest absolute Gasteiger partial charge is 0.338 e. The van der Waals surface area contributed by atoms with Crippen molar-refractivity contribution in [3.05, 3.63) is 23.6 Å². The third-order valence-corrected chi connectivity index (χ3v) is 2.37. The van der Waals surface area contributed by atoms with Crippen LogP contribution in [0.5, 0.6) is 5.88 Å². The van der Waals surface area contributed by atoms with Crippen LogP contribution in [0, 0.1) is 11.7 Å². The largest absolute Gasteiger partial charge is 0.478 e. The summed E-state index contributed by atoms with van der Waals surface area (Å²) in [6.07, 6.45) is 3.22. The summed E-state index contributed by atoms with van der Waals surface area (Å²) >= 11 is 0. The second-order valence-corrected chi connectivity index (χ2v) is 3.99. The van der Waals surface area contributed by atoms with Gasteiger partial charge < -0.3 is 9.84 Å². The molecule has 17 heavy (non-hydrogen) atoms. The summed E-state index contributed by atoms with van der Waals surface area (Å²) < 4.78 is 18.8. The summed E-state index contributed by atoms with van der Waals surface area (Å²) in [5.74, 6) is -2.19. The van der Waals surface area contributed by atoms with Crippen molar-refractivity contribution in [1.82, 2.24) is 4.98 Å². The van der Waals surface area contributed by atoms with Crippen LogP contribution in [-0.2, 0) is 0 Å². The molecule has 0 aliphatic rings. The van der Waals surface area contributed by atoms with Gasteiger partial charge in [-0.2, -0.15) is 0 Å². The van der Waals surface area contributed by atoms with Crippen molar-refractivity contribution >= 4 is 5.97 Å². The van der Waals surface area contributed by atoms with E-state index in [0.717, 1.165) is 18.9 Å². The molecule has 5 heteroatoms. The van der Waals surface area contributed by atoms with E-state index in [0.29, 0.717) is 6.61 Å².